The molecule has 146 valence electrons. The van der Waals surface area contributed by atoms with E-state index in [-0.39, 0.29) is 16.5 Å². The summed E-state index contributed by atoms with van der Waals surface area (Å²) in [5.41, 5.74) is 0.839. The Balaban J connectivity index is 1.57. The number of morpholine rings is 1. The Morgan fingerprint density at radius 3 is 2.67 bits per heavy atom. The number of aromatic nitrogens is 2. The van der Waals surface area contributed by atoms with Crippen molar-refractivity contribution in [1.29, 1.82) is 0 Å². The van der Waals surface area contributed by atoms with Crippen molar-refractivity contribution in [1.82, 2.24) is 14.7 Å². The first kappa shape index (κ1) is 19.8. The van der Waals surface area contributed by atoms with E-state index in [1.807, 2.05) is 13.0 Å². The Morgan fingerprint density at radius 1 is 1.19 bits per heavy atom. The van der Waals surface area contributed by atoms with Crippen molar-refractivity contribution in [2.45, 2.75) is 11.8 Å². The molecule has 27 heavy (non-hydrogen) atoms. The molecule has 2 aromatic rings. The molecule has 1 aliphatic rings. The Morgan fingerprint density at radius 2 is 1.93 bits per heavy atom. The highest BCUT2D eigenvalue weighted by molar-refractivity contribution is 7.89. The van der Waals surface area contributed by atoms with Crippen LogP contribution in [-0.2, 0) is 14.8 Å². The molecule has 0 amide bonds. The fourth-order valence-electron chi connectivity index (χ4n) is 2.69. The molecule has 10 heteroatoms. The number of nitrogens with zero attached hydrogens (tertiary/aromatic N) is 3. The Kier molecular flexibility index (Phi) is 6.48. The van der Waals surface area contributed by atoms with Crippen LogP contribution in [0.3, 0.4) is 0 Å². The summed E-state index contributed by atoms with van der Waals surface area (Å²) in [6.45, 7) is 5.34. The molecule has 0 spiro atoms. The van der Waals surface area contributed by atoms with Gasteiger partial charge in [0.15, 0.2) is 0 Å². The standard InChI is InChI=1S/C17H22ClN5O3S/c1-13-12-16(23-8-10-26-11-9-23)22-17(21-13)19-6-7-20-27(24,25)15-5-3-2-4-14(15)18/h2-5,12,20H,6-11H2,1H3,(H,19,21,22). The van der Waals surface area contributed by atoms with Crippen LogP contribution in [0.1, 0.15) is 5.69 Å². The average molecular weight is 412 g/mol. The van der Waals surface area contributed by atoms with Crippen molar-refractivity contribution in [3.05, 3.63) is 41.0 Å². The minimum atomic E-state index is -3.66. The largest absolute Gasteiger partial charge is 0.378 e. The molecule has 1 saturated heterocycles. The number of sulfonamides is 1. The van der Waals surface area contributed by atoms with Gasteiger partial charge in [-0.15, -0.1) is 0 Å². The lowest BCUT2D eigenvalue weighted by molar-refractivity contribution is 0.122. The number of rotatable bonds is 7. The van der Waals surface area contributed by atoms with Gasteiger partial charge in [0.25, 0.3) is 0 Å². The number of aryl methyl sites for hydroxylation is 1. The van der Waals surface area contributed by atoms with Crippen LogP contribution in [0, 0.1) is 6.92 Å². The predicted octanol–water partition coefficient (Wildman–Crippen LogP) is 1.67. The minimum absolute atomic E-state index is 0.0630. The van der Waals surface area contributed by atoms with E-state index in [0.29, 0.717) is 25.7 Å². The van der Waals surface area contributed by atoms with Crippen LogP contribution in [-0.4, -0.2) is 57.8 Å². The first-order chi connectivity index (χ1) is 13.0. The van der Waals surface area contributed by atoms with Crippen molar-refractivity contribution in [3.63, 3.8) is 0 Å². The van der Waals surface area contributed by atoms with Crippen LogP contribution in [0.15, 0.2) is 35.2 Å². The molecule has 1 fully saturated rings. The number of anilines is 2. The minimum Gasteiger partial charge on any atom is -0.378 e. The van der Waals surface area contributed by atoms with E-state index in [0.717, 1.165) is 24.6 Å². The van der Waals surface area contributed by atoms with E-state index in [1.54, 1.807) is 18.2 Å². The number of ether oxygens (including phenoxy) is 1. The lowest BCUT2D eigenvalue weighted by Gasteiger charge is -2.28. The smallest absolute Gasteiger partial charge is 0.242 e. The normalized spacial score (nSPS) is 15.0. The summed E-state index contributed by atoms with van der Waals surface area (Å²) < 4.78 is 32.5. The van der Waals surface area contributed by atoms with Gasteiger partial charge in [-0.05, 0) is 19.1 Å². The van der Waals surface area contributed by atoms with Crippen LogP contribution in [0.5, 0.6) is 0 Å². The second-order valence-electron chi connectivity index (χ2n) is 6.05. The third-order valence-corrected chi connectivity index (χ3v) is 5.96. The zero-order valence-corrected chi connectivity index (χ0v) is 16.6. The van der Waals surface area contributed by atoms with Gasteiger partial charge in [0.05, 0.1) is 18.2 Å². The van der Waals surface area contributed by atoms with E-state index >= 15 is 0 Å². The van der Waals surface area contributed by atoms with Crippen molar-refractivity contribution in [2.24, 2.45) is 0 Å². The quantitative estimate of drug-likeness (QED) is 0.669. The third-order valence-electron chi connectivity index (χ3n) is 4.00. The molecule has 1 aliphatic heterocycles. The predicted molar refractivity (Wildman–Crippen MR) is 105 cm³/mol. The summed E-state index contributed by atoms with van der Waals surface area (Å²) in [6, 6.07) is 8.26. The lowest BCUT2D eigenvalue weighted by atomic mass is 10.3. The molecule has 0 unspecified atom stereocenters. The van der Waals surface area contributed by atoms with E-state index in [4.69, 9.17) is 16.3 Å². The van der Waals surface area contributed by atoms with E-state index in [2.05, 4.69) is 24.9 Å². The summed E-state index contributed by atoms with van der Waals surface area (Å²) in [6.07, 6.45) is 0. The van der Waals surface area contributed by atoms with Crippen molar-refractivity contribution < 1.29 is 13.2 Å². The summed E-state index contributed by atoms with van der Waals surface area (Å²) in [5.74, 6) is 1.30. The molecule has 0 radical (unpaired) electrons. The monoisotopic (exact) mass is 411 g/mol. The van der Waals surface area contributed by atoms with Gasteiger partial charge in [0.1, 0.15) is 10.7 Å². The van der Waals surface area contributed by atoms with Crippen LogP contribution in [0.2, 0.25) is 5.02 Å². The van der Waals surface area contributed by atoms with E-state index < -0.39 is 10.0 Å². The van der Waals surface area contributed by atoms with Gasteiger partial charge < -0.3 is 15.0 Å². The molecular weight excluding hydrogens is 390 g/mol. The molecule has 0 bridgehead atoms. The van der Waals surface area contributed by atoms with Gasteiger partial charge >= 0.3 is 0 Å². The molecule has 8 nitrogen and oxygen atoms in total. The Labute approximate surface area is 164 Å². The van der Waals surface area contributed by atoms with Crippen LogP contribution in [0.25, 0.3) is 0 Å². The zero-order valence-electron chi connectivity index (χ0n) is 15.0. The maximum absolute atomic E-state index is 12.3. The second-order valence-corrected chi connectivity index (χ2v) is 8.19. The highest BCUT2D eigenvalue weighted by atomic mass is 35.5. The van der Waals surface area contributed by atoms with Crippen LogP contribution >= 0.6 is 11.6 Å². The molecule has 2 N–H and O–H groups in total. The van der Waals surface area contributed by atoms with Crippen molar-refractivity contribution >= 4 is 33.4 Å². The van der Waals surface area contributed by atoms with E-state index in [1.165, 1.54) is 6.07 Å². The number of hydrogen-bond acceptors (Lipinski definition) is 7. The van der Waals surface area contributed by atoms with Gasteiger partial charge in [0.2, 0.25) is 16.0 Å². The molecule has 2 heterocycles. The van der Waals surface area contributed by atoms with Gasteiger partial charge in [0, 0.05) is 37.9 Å². The fraction of sp³-hybridized carbons (Fsp3) is 0.412. The summed E-state index contributed by atoms with van der Waals surface area (Å²) in [7, 11) is -3.66. The summed E-state index contributed by atoms with van der Waals surface area (Å²) >= 11 is 5.96. The fourth-order valence-corrected chi connectivity index (χ4v) is 4.23. The van der Waals surface area contributed by atoms with Crippen molar-refractivity contribution in [2.75, 3.05) is 49.6 Å². The average Bonchev–Trinajstić information content (AvgIpc) is 2.66. The molecule has 1 aromatic heterocycles. The zero-order chi connectivity index (χ0) is 19.3. The maximum atomic E-state index is 12.3. The van der Waals surface area contributed by atoms with Gasteiger partial charge in [-0.1, -0.05) is 23.7 Å². The van der Waals surface area contributed by atoms with Crippen molar-refractivity contribution in [3.8, 4) is 0 Å². The maximum Gasteiger partial charge on any atom is 0.242 e. The Hall–Kier alpha value is -1.94. The highest BCUT2D eigenvalue weighted by Gasteiger charge is 2.17. The third kappa shape index (κ3) is 5.29. The lowest BCUT2D eigenvalue weighted by Crippen LogP contribution is -2.37. The number of benzene rings is 1. The summed E-state index contributed by atoms with van der Waals surface area (Å²) in [5, 5.41) is 3.25. The molecular formula is C17H22ClN5O3S. The SMILES string of the molecule is Cc1cc(N2CCOCC2)nc(NCCNS(=O)(=O)c2ccccc2Cl)n1. The van der Waals surface area contributed by atoms with Gasteiger partial charge in [-0.2, -0.15) is 4.98 Å². The number of halogens is 1. The van der Waals surface area contributed by atoms with Crippen LogP contribution < -0.4 is 14.9 Å². The number of hydrogen-bond donors (Lipinski definition) is 2. The van der Waals surface area contributed by atoms with Gasteiger partial charge in [-0.25, -0.2) is 18.1 Å². The molecule has 0 aliphatic carbocycles. The molecule has 0 atom stereocenters. The Bertz CT molecular complexity index is 888. The van der Waals surface area contributed by atoms with E-state index in [9.17, 15) is 8.42 Å². The topological polar surface area (TPSA) is 96.5 Å². The summed E-state index contributed by atoms with van der Waals surface area (Å²) in [4.78, 5) is 11.1. The first-order valence-corrected chi connectivity index (χ1v) is 10.5. The first-order valence-electron chi connectivity index (χ1n) is 8.62. The molecule has 3 rings (SSSR count). The van der Waals surface area contributed by atoms with Gasteiger partial charge in [-0.3, -0.25) is 0 Å². The second kappa shape index (κ2) is 8.83. The molecule has 0 saturated carbocycles. The number of nitrogens with one attached hydrogen (secondary N) is 2. The molecule has 1 aromatic carbocycles. The highest BCUT2D eigenvalue weighted by Crippen LogP contribution is 2.20. The van der Waals surface area contributed by atoms with Crippen LogP contribution in [0.4, 0.5) is 11.8 Å².